The Bertz CT molecular complexity index is 1110. The second-order valence-corrected chi connectivity index (χ2v) is 8.78. The lowest BCUT2D eigenvalue weighted by atomic mass is 10.0. The van der Waals surface area contributed by atoms with Crippen LogP contribution in [0.3, 0.4) is 0 Å². The molecule has 1 saturated heterocycles. The molecule has 7 nitrogen and oxygen atoms in total. The van der Waals surface area contributed by atoms with E-state index in [0.29, 0.717) is 6.54 Å². The Hall–Kier alpha value is -3.45. The zero-order valence-corrected chi connectivity index (χ0v) is 19.1. The minimum Gasteiger partial charge on any atom is -0.353 e. The highest BCUT2D eigenvalue weighted by Gasteiger charge is 2.24. The third kappa shape index (κ3) is 4.98. The Labute approximate surface area is 194 Å². The average molecular weight is 443 g/mol. The average Bonchev–Trinajstić information content (AvgIpc) is 3.36. The molecular formula is C26H30N6O. The number of amides is 1. The van der Waals surface area contributed by atoms with Gasteiger partial charge in [-0.15, -0.1) is 0 Å². The number of nitrogens with zero attached hydrogens (tertiary/aromatic N) is 6. The monoisotopic (exact) mass is 442 g/mol. The lowest BCUT2D eigenvalue weighted by molar-refractivity contribution is -0.132. The van der Waals surface area contributed by atoms with Crippen LogP contribution in [0.1, 0.15) is 17.5 Å². The van der Waals surface area contributed by atoms with Crippen LogP contribution in [0.4, 0.5) is 5.82 Å². The van der Waals surface area contributed by atoms with Gasteiger partial charge in [-0.05, 0) is 43.2 Å². The van der Waals surface area contributed by atoms with E-state index in [9.17, 15) is 4.79 Å². The molecule has 2 aliphatic rings. The molecule has 1 amide bonds. The highest BCUT2D eigenvalue weighted by atomic mass is 16.2. The van der Waals surface area contributed by atoms with Gasteiger partial charge in [0.05, 0.1) is 18.4 Å². The Morgan fingerprint density at radius 2 is 1.82 bits per heavy atom. The van der Waals surface area contributed by atoms with Gasteiger partial charge in [0.15, 0.2) is 0 Å². The number of carbonyl (C=O) groups is 1. The van der Waals surface area contributed by atoms with Crippen LogP contribution in [0.25, 0.3) is 11.3 Å². The highest BCUT2D eigenvalue weighted by molar-refractivity contribution is 5.79. The summed E-state index contributed by atoms with van der Waals surface area (Å²) in [6, 6.07) is 14.3. The highest BCUT2D eigenvalue weighted by Crippen LogP contribution is 2.23. The van der Waals surface area contributed by atoms with E-state index in [0.717, 1.165) is 62.8 Å². The molecule has 7 heteroatoms. The maximum atomic E-state index is 12.9. The molecular weight excluding hydrogens is 412 g/mol. The third-order valence-corrected chi connectivity index (χ3v) is 6.51. The first-order valence-electron chi connectivity index (χ1n) is 11.6. The van der Waals surface area contributed by atoms with Gasteiger partial charge in [0.1, 0.15) is 5.82 Å². The van der Waals surface area contributed by atoms with Crippen molar-refractivity contribution in [3.63, 3.8) is 0 Å². The van der Waals surface area contributed by atoms with E-state index >= 15 is 0 Å². The number of anilines is 1. The molecule has 1 fully saturated rings. The molecule has 3 aromatic rings. The molecule has 33 heavy (non-hydrogen) atoms. The van der Waals surface area contributed by atoms with Crippen molar-refractivity contribution < 1.29 is 4.79 Å². The summed E-state index contributed by atoms with van der Waals surface area (Å²) in [6.07, 6.45) is 9.02. The normalized spacial score (nSPS) is 17.2. The summed E-state index contributed by atoms with van der Waals surface area (Å²) in [6.45, 7) is 7.42. The smallest absolute Gasteiger partial charge is 0.236 e. The predicted octanol–water partition coefficient (Wildman–Crippen LogP) is 3.01. The molecule has 4 heterocycles. The fourth-order valence-electron chi connectivity index (χ4n) is 4.46. The van der Waals surface area contributed by atoms with Gasteiger partial charge in [0.2, 0.25) is 5.91 Å². The molecule has 2 aliphatic heterocycles. The molecule has 0 spiro atoms. The van der Waals surface area contributed by atoms with Crippen LogP contribution in [-0.2, 0) is 4.79 Å². The first-order valence-corrected chi connectivity index (χ1v) is 11.6. The first-order chi connectivity index (χ1) is 16.2. The van der Waals surface area contributed by atoms with Crippen LogP contribution in [0.5, 0.6) is 0 Å². The summed E-state index contributed by atoms with van der Waals surface area (Å²) in [4.78, 5) is 23.8. The number of hydrogen-bond acceptors (Lipinski definition) is 5. The van der Waals surface area contributed by atoms with Crippen molar-refractivity contribution in [3.05, 3.63) is 78.3 Å². The molecule has 5 rings (SSSR count). The number of benzene rings is 1. The standard InChI is InChI=1S/C26H30N6O/c1-21-5-7-24(8-6-21)32-19-23(18-28-32)22-9-12-29(13-10-22)20-26(33)31-16-14-30(15-17-31)25-4-2-3-11-27-25/h2-9,11,18-19H,10,12-17,20H2,1H3. The minimum absolute atomic E-state index is 0.222. The number of pyridine rings is 1. The van der Waals surface area contributed by atoms with Gasteiger partial charge in [0.25, 0.3) is 0 Å². The maximum absolute atomic E-state index is 12.9. The topological polar surface area (TPSA) is 57.5 Å². The van der Waals surface area contributed by atoms with E-state index in [1.807, 2.05) is 40.2 Å². The third-order valence-electron chi connectivity index (χ3n) is 6.51. The summed E-state index contributed by atoms with van der Waals surface area (Å²) in [5, 5.41) is 4.54. The molecule has 0 unspecified atom stereocenters. The fraction of sp³-hybridized carbons (Fsp3) is 0.346. The number of rotatable bonds is 5. The lowest BCUT2D eigenvalue weighted by Crippen LogP contribution is -2.51. The van der Waals surface area contributed by atoms with E-state index in [4.69, 9.17) is 0 Å². The predicted molar refractivity (Wildman–Crippen MR) is 130 cm³/mol. The number of aromatic nitrogens is 3. The molecule has 2 aromatic heterocycles. The van der Waals surface area contributed by atoms with Gasteiger partial charge in [-0.1, -0.05) is 29.8 Å². The molecule has 0 saturated carbocycles. The van der Waals surface area contributed by atoms with Crippen molar-refractivity contribution in [2.75, 3.05) is 50.7 Å². The van der Waals surface area contributed by atoms with Gasteiger partial charge < -0.3 is 9.80 Å². The van der Waals surface area contributed by atoms with Crippen LogP contribution < -0.4 is 4.90 Å². The molecule has 0 aliphatic carbocycles. The summed E-state index contributed by atoms with van der Waals surface area (Å²) < 4.78 is 1.93. The second-order valence-electron chi connectivity index (χ2n) is 8.78. The Kier molecular flexibility index (Phi) is 6.21. The van der Waals surface area contributed by atoms with Crippen LogP contribution in [0.2, 0.25) is 0 Å². The van der Waals surface area contributed by atoms with Crippen molar-refractivity contribution >= 4 is 17.3 Å². The molecule has 0 radical (unpaired) electrons. The van der Waals surface area contributed by atoms with Crippen molar-refractivity contribution in [1.82, 2.24) is 24.6 Å². The van der Waals surface area contributed by atoms with Crippen LogP contribution in [0.15, 0.2) is 67.1 Å². The Morgan fingerprint density at radius 3 is 2.52 bits per heavy atom. The van der Waals surface area contributed by atoms with Crippen molar-refractivity contribution in [3.8, 4) is 5.69 Å². The quantitative estimate of drug-likeness (QED) is 0.608. The van der Waals surface area contributed by atoms with Crippen LogP contribution >= 0.6 is 0 Å². The van der Waals surface area contributed by atoms with Gasteiger partial charge in [-0.2, -0.15) is 5.10 Å². The molecule has 1 aromatic carbocycles. The van der Waals surface area contributed by atoms with Crippen LogP contribution in [-0.4, -0.2) is 76.3 Å². The zero-order valence-electron chi connectivity index (χ0n) is 19.1. The van der Waals surface area contributed by atoms with Crippen molar-refractivity contribution in [1.29, 1.82) is 0 Å². The van der Waals surface area contributed by atoms with E-state index in [2.05, 4.69) is 63.3 Å². The molecule has 0 atom stereocenters. The number of aryl methyl sites for hydroxylation is 1. The van der Waals surface area contributed by atoms with Gasteiger partial charge in [0, 0.05) is 57.2 Å². The molecule has 0 N–H and O–H groups in total. The SMILES string of the molecule is Cc1ccc(-n2cc(C3=CCN(CC(=O)N4CCN(c5ccccn5)CC4)CC3)cn2)cc1. The van der Waals surface area contributed by atoms with Gasteiger partial charge >= 0.3 is 0 Å². The molecule has 170 valence electrons. The number of carbonyl (C=O) groups excluding carboxylic acids is 1. The van der Waals surface area contributed by atoms with Crippen molar-refractivity contribution in [2.45, 2.75) is 13.3 Å². The Morgan fingerprint density at radius 1 is 1.00 bits per heavy atom. The lowest BCUT2D eigenvalue weighted by Gasteiger charge is -2.36. The summed E-state index contributed by atoms with van der Waals surface area (Å²) in [5.41, 5.74) is 4.78. The summed E-state index contributed by atoms with van der Waals surface area (Å²) in [5.74, 6) is 1.21. The zero-order chi connectivity index (χ0) is 22.6. The van der Waals surface area contributed by atoms with E-state index in [1.54, 1.807) is 0 Å². The Balaban J connectivity index is 1.13. The summed E-state index contributed by atoms with van der Waals surface area (Å²) in [7, 11) is 0. The largest absolute Gasteiger partial charge is 0.353 e. The summed E-state index contributed by atoms with van der Waals surface area (Å²) >= 11 is 0. The van der Waals surface area contributed by atoms with E-state index in [-0.39, 0.29) is 5.91 Å². The van der Waals surface area contributed by atoms with E-state index < -0.39 is 0 Å². The number of piperazine rings is 1. The first kappa shape index (κ1) is 21.4. The van der Waals surface area contributed by atoms with E-state index in [1.165, 1.54) is 11.1 Å². The van der Waals surface area contributed by atoms with Gasteiger partial charge in [-0.3, -0.25) is 9.69 Å². The van der Waals surface area contributed by atoms with Gasteiger partial charge in [-0.25, -0.2) is 9.67 Å². The minimum atomic E-state index is 0.222. The van der Waals surface area contributed by atoms with Crippen LogP contribution in [0, 0.1) is 6.92 Å². The second kappa shape index (κ2) is 9.58. The number of hydrogen-bond donors (Lipinski definition) is 0. The van der Waals surface area contributed by atoms with Crippen molar-refractivity contribution in [2.24, 2.45) is 0 Å². The maximum Gasteiger partial charge on any atom is 0.236 e. The molecule has 0 bridgehead atoms. The fourth-order valence-corrected chi connectivity index (χ4v) is 4.46.